The van der Waals surface area contributed by atoms with Gasteiger partial charge in [-0.25, -0.2) is 0 Å². The van der Waals surface area contributed by atoms with Crippen LogP contribution in [-0.4, -0.2) is 16.2 Å². The third-order valence-electron chi connectivity index (χ3n) is 2.78. The van der Waals surface area contributed by atoms with Crippen LogP contribution in [0.3, 0.4) is 0 Å². The van der Waals surface area contributed by atoms with E-state index in [1.165, 1.54) is 0 Å². The number of rotatable bonds is 5. The quantitative estimate of drug-likeness (QED) is 0.647. The van der Waals surface area contributed by atoms with E-state index in [9.17, 15) is 4.79 Å². The normalized spacial score (nSPS) is 10.6. The number of anilines is 1. The second-order valence-corrected chi connectivity index (χ2v) is 5.39. The van der Waals surface area contributed by atoms with Crippen LogP contribution in [-0.2, 0) is 4.79 Å². The molecule has 0 aliphatic heterocycles. The molecule has 100 valence electrons. The molecule has 3 nitrogen and oxygen atoms in total. The number of fused-ring (bicyclic) bond motifs is 1. The molecule has 0 aliphatic carbocycles. The molecule has 0 saturated carbocycles. The van der Waals surface area contributed by atoms with Gasteiger partial charge in [-0.3, -0.25) is 9.78 Å². The third kappa shape index (κ3) is 3.67. The number of carbonyl (C=O) groups excluding carboxylic acids is 1. The number of carbonyl (C=O) groups is 1. The number of nitrogens with one attached hydrogen (secondary N) is 1. The smallest absolute Gasteiger partial charge is 0.224 e. The molecule has 0 saturated heterocycles. The van der Waals surface area contributed by atoms with Crippen LogP contribution in [0.4, 0.5) is 5.69 Å². The molecule has 2 rings (SSSR count). The Kier molecular flexibility index (Phi) is 5.16. The van der Waals surface area contributed by atoms with Gasteiger partial charge < -0.3 is 5.32 Å². The molecule has 1 aromatic carbocycles. The molecule has 0 atom stereocenters. The standard InChI is InChI=1S/C14H14BrClN2O/c15-8-2-1-5-13(19)18-12-7-6-11(16)14-10(12)4-3-9-17-14/h3-4,6-7,9H,1-2,5,8H2,(H,18,19). The van der Waals surface area contributed by atoms with Gasteiger partial charge in [0.15, 0.2) is 0 Å². The Hall–Kier alpha value is -1.13. The highest BCUT2D eigenvalue weighted by molar-refractivity contribution is 9.09. The van der Waals surface area contributed by atoms with Gasteiger partial charge in [-0.15, -0.1) is 0 Å². The average Bonchev–Trinajstić information content (AvgIpc) is 2.43. The Morgan fingerprint density at radius 3 is 2.95 bits per heavy atom. The van der Waals surface area contributed by atoms with E-state index in [1.54, 1.807) is 12.3 Å². The number of unbranched alkanes of at least 4 members (excludes halogenated alkanes) is 1. The monoisotopic (exact) mass is 340 g/mol. The van der Waals surface area contributed by atoms with Crippen molar-refractivity contribution in [1.82, 2.24) is 4.98 Å². The van der Waals surface area contributed by atoms with Crippen LogP contribution in [0.25, 0.3) is 10.9 Å². The summed E-state index contributed by atoms with van der Waals surface area (Å²) >= 11 is 9.44. The van der Waals surface area contributed by atoms with Crippen molar-refractivity contribution < 1.29 is 4.79 Å². The van der Waals surface area contributed by atoms with Crippen LogP contribution >= 0.6 is 27.5 Å². The molecule has 0 fully saturated rings. The largest absolute Gasteiger partial charge is 0.325 e. The summed E-state index contributed by atoms with van der Waals surface area (Å²) < 4.78 is 0. The van der Waals surface area contributed by atoms with Crippen LogP contribution in [0.15, 0.2) is 30.5 Å². The van der Waals surface area contributed by atoms with Crippen molar-refractivity contribution in [2.75, 3.05) is 10.6 Å². The van der Waals surface area contributed by atoms with E-state index in [2.05, 4.69) is 26.2 Å². The van der Waals surface area contributed by atoms with Gasteiger partial charge in [0.1, 0.15) is 0 Å². The number of hydrogen-bond donors (Lipinski definition) is 1. The summed E-state index contributed by atoms with van der Waals surface area (Å²) in [5.41, 5.74) is 1.47. The minimum atomic E-state index is 0.0217. The fourth-order valence-electron chi connectivity index (χ4n) is 1.84. The van der Waals surface area contributed by atoms with Crippen molar-refractivity contribution in [3.8, 4) is 0 Å². The van der Waals surface area contributed by atoms with Crippen LogP contribution < -0.4 is 5.32 Å². The minimum absolute atomic E-state index is 0.0217. The van der Waals surface area contributed by atoms with Gasteiger partial charge in [0.05, 0.1) is 16.2 Å². The van der Waals surface area contributed by atoms with Crippen LogP contribution in [0.5, 0.6) is 0 Å². The topological polar surface area (TPSA) is 42.0 Å². The molecule has 1 amide bonds. The first-order valence-electron chi connectivity index (χ1n) is 6.11. The van der Waals surface area contributed by atoms with E-state index >= 15 is 0 Å². The van der Waals surface area contributed by atoms with Crippen molar-refractivity contribution in [1.29, 1.82) is 0 Å². The maximum atomic E-state index is 11.8. The van der Waals surface area contributed by atoms with Crippen LogP contribution in [0, 0.1) is 0 Å². The molecular weight excluding hydrogens is 328 g/mol. The summed E-state index contributed by atoms with van der Waals surface area (Å²) in [4.78, 5) is 16.1. The number of pyridine rings is 1. The lowest BCUT2D eigenvalue weighted by Gasteiger charge is -2.09. The molecule has 1 aromatic heterocycles. The Bertz CT molecular complexity index is 589. The number of benzene rings is 1. The summed E-state index contributed by atoms with van der Waals surface area (Å²) in [5.74, 6) is 0.0217. The first-order chi connectivity index (χ1) is 9.22. The second kappa shape index (κ2) is 6.87. The summed E-state index contributed by atoms with van der Waals surface area (Å²) in [6, 6.07) is 7.31. The lowest BCUT2D eigenvalue weighted by molar-refractivity contribution is -0.116. The number of aromatic nitrogens is 1. The zero-order valence-corrected chi connectivity index (χ0v) is 12.7. The zero-order valence-electron chi connectivity index (χ0n) is 10.3. The third-order valence-corrected chi connectivity index (χ3v) is 3.65. The fraction of sp³-hybridized carbons (Fsp3) is 0.286. The van der Waals surface area contributed by atoms with Gasteiger partial charge >= 0.3 is 0 Å². The highest BCUT2D eigenvalue weighted by Crippen LogP contribution is 2.28. The summed E-state index contributed by atoms with van der Waals surface area (Å²) in [6.07, 6.45) is 4.09. The first kappa shape index (κ1) is 14.3. The van der Waals surface area contributed by atoms with Gasteiger partial charge in [0.2, 0.25) is 5.91 Å². The minimum Gasteiger partial charge on any atom is -0.325 e. The van der Waals surface area contributed by atoms with Crippen molar-refractivity contribution in [2.45, 2.75) is 19.3 Å². The van der Waals surface area contributed by atoms with Crippen LogP contribution in [0.2, 0.25) is 5.02 Å². The molecule has 19 heavy (non-hydrogen) atoms. The SMILES string of the molecule is O=C(CCCCBr)Nc1ccc(Cl)c2ncccc12. The molecule has 0 radical (unpaired) electrons. The highest BCUT2D eigenvalue weighted by Gasteiger charge is 2.08. The maximum absolute atomic E-state index is 11.8. The summed E-state index contributed by atoms with van der Waals surface area (Å²) in [7, 11) is 0. The zero-order chi connectivity index (χ0) is 13.7. The molecule has 1 N–H and O–H groups in total. The lowest BCUT2D eigenvalue weighted by Crippen LogP contribution is -2.11. The summed E-state index contributed by atoms with van der Waals surface area (Å²) in [6.45, 7) is 0. The molecule has 1 heterocycles. The van der Waals surface area contributed by atoms with E-state index in [4.69, 9.17) is 11.6 Å². The Morgan fingerprint density at radius 1 is 1.32 bits per heavy atom. The summed E-state index contributed by atoms with van der Waals surface area (Å²) in [5, 5.41) is 5.30. The van der Waals surface area contributed by atoms with Gasteiger partial charge in [-0.05, 0) is 37.1 Å². The van der Waals surface area contributed by atoms with Gasteiger partial charge in [-0.1, -0.05) is 27.5 Å². The second-order valence-electron chi connectivity index (χ2n) is 4.19. The Balaban J connectivity index is 2.17. The van der Waals surface area contributed by atoms with Gasteiger partial charge in [0.25, 0.3) is 0 Å². The Morgan fingerprint density at radius 2 is 2.16 bits per heavy atom. The molecular formula is C14H14BrClN2O. The van der Waals surface area contributed by atoms with Crippen molar-refractivity contribution in [3.05, 3.63) is 35.5 Å². The van der Waals surface area contributed by atoms with Crippen LogP contribution in [0.1, 0.15) is 19.3 Å². The van der Waals surface area contributed by atoms with E-state index in [0.717, 1.165) is 29.2 Å². The molecule has 0 unspecified atom stereocenters. The predicted octanol–water partition coefficient (Wildman–Crippen LogP) is 4.39. The number of halogens is 2. The first-order valence-corrected chi connectivity index (χ1v) is 7.61. The van der Waals surface area contributed by atoms with Crippen molar-refractivity contribution >= 4 is 50.0 Å². The van der Waals surface area contributed by atoms with Gasteiger partial charge in [-0.2, -0.15) is 0 Å². The van der Waals surface area contributed by atoms with E-state index in [-0.39, 0.29) is 5.91 Å². The van der Waals surface area contributed by atoms with Gasteiger partial charge in [0, 0.05) is 23.3 Å². The Labute approximate surface area is 125 Å². The molecule has 0 bridgehead atoms. The van der Waals surface area contributed by atoms with E-state index < -0.39 is 0 Å². The number of alkyl halides is 1. The fourth-order valence-corrected chi connectivity index (χ4v) is 2.45. The molecule has 5 heteroatoms. The van der Waals surface area contributed by atoms with E-state index in [0.29, 0.717) is 17.0 Å². The lowest BCUT2D eigenvalue weighted by atomic mass is 10.1. The number of nitrogens with zero attached hydrogens (tertiary/aromatic N) is 1. The van der Waals surface area contributed by atoms with Crippen molar-refractivity contribution in [3.63, 3.8) is 0 Å². The highest BCUT2D eigenvalue weighted by atomic mass is 79.9. The molecule has 0 spiro atoms. The van der Waals surface area contributed by atoms with Crippen molar-refractivity contribution in [2.24, 2.45) is 0 Å². The average molecular weight is 342 g/mol. The number of amides is 1. The predicted molar refractivity (Wildman–Crippen MR) is 83.0 cm³/mol. The number of hydrogen-bond acceptors (Lipinski definition) is 2. The molecule has 0 aliphatic rings. The maximum Gasteiger partial charge on any atom is 0.224 e. The van der Waals surface area contributed by atoms with E-state index in [1.807, 2.05) is 18.2 Å². The molecule has 2 aromatic rings.